The number of amides is 1. The van der Waals surface area contributed by atoms with Crippen molar-refractivity contribution >= 4 is 11.6 Å². The van der Waals surface area contributed by atoms with Crippen LogP contribution in [0.3, 0.4) is 0 Å². The van der Waals surface area contributed by atoms with Crippen molar-refractivity contribution in [3.8, 4) is 0 Å². The number of carbonyl (C=O) groups excluding carboxylic acids is 1. The Bertz CT molecular complexity index is 386. The van der Waals surface area contributed by atoms with Crippen LogP contribution in [0.5, 0.6) is 0 Å². The number of anilines is 1. The Kier molecular flexibility index (Phi) is 3.96. The van der Waals surface area contributed by atoms with Gasteiger partial charge in [0.15, 0.2) is 0 Å². The van der Waals surface area contributed by atoms with Crippen molar-refractivity contribution in [1.82, 2.24) is 10.3 Å². The van der Waals surface area contributed by atoms with E-state index in [1.807, 2.05) is 6.07 Å². The highest BCUT2D eigenvalue weighted by Crippen LogP contribution is 2.24. The molecule has 0 aliphatic heterocycles. The molecule has 1 heterocycles. The fourth-order valence-corrected chi connectivity index (χ4v) is 2.27. The van der Waals surface area contributed by atoms with Crippen LogP contribution in [0.25, 0.3) is 0 Å². The van der Waals surface area contributed by atoms with Crippen LogP contribution >= 0.6 is 0 Å². The van der Waals surface area contributed by atoms with Gasteiger partial charge in [0.25, 0.3) is 5.91 Å². The van der Waals surface area contributed by atoms with E-state index in [0.29, 0.717) is 5.69 Å². The summed E-state index contributed by atoms with van der Waals surface area (Å²) in [5, 5.41) is 5.96. The molecule has 1 aromatic rings. The topological polar surface area (TPSA) is 54.0 Å². The van der Waals surface area contributed by atoms with E-state index < -0.39 is 0 Å². The van der Waals surface area contributed by atoms with Crippen molar-refractivity contribution in [3.63, 3.8) is 0 Å². The molecule has 1 aromatic heterocycles. The molecule has 17 heavy (non-hydrogen) atoms. The summed E-state index contributed by atoms with van der Waals surface area (Å²) in [7, 11) is 1.61. The lowest BCUT2D eigenvalue weighted by molar-refractivity contribution is 0.0958. The molecule has 2 N–H and O–H groups in total. The largest absolute Gasteiger partial charge is 0.385 e. The van der Waals surface area contributed by atoms with Gasteiger partial charge in [-0.05, 0) is 30.9 Å². The highest BCUT2D eigenvalue weighted by molar-refractivity contribution is 5.92. The number of nitrogens with zero attached hydrogens (tertiary/aromatic N) is 1. The summed E-state index contributed by atoms with van der Waals surface area (Å²) in [5.41, 5.74) is 1.44. The number of nitrogens with one attached hydrogen (secondary N) is 2. The SMILES string of the molecule is CNC(=O)c1cc(NCC2CCCC2)ccn1. The summed E-state index contributed by atoms with van der Waals surface area (Å²) in [4.78, 5) is 15.5. The van der Waals surface area contributed by atoms with Crippen molar-refractivity contribution in [2.75, 3.05) is 18.9 Å². The predicted molar refractivity (Wildman–Crippen MR) is 68.1 cm³/mol. The molecule has 0 spiro atoms. The molecule has 1 amide bonds. The van der Waals surface area contributed by atoms with Gasteiger partial charge in [0, 0.05) is 25.5 Å². The molecule has 0 radical (unpaired) electrons. The lowest BCUT2D eigenvalue weighted by Crippen LogP contribution is -2.19. The zero-order valence-corrected chi connectivity index (χ0v) is 10.2. The maximum absolute atomic E-state index is 11.4. The molecule has 0 atom stereocenters. The standard InChI is InChI=1S/C13H19N3O/c1-14-13(17)12-8-11(6-7-15-12)16-9-10-4-2-3-5-10/h6-8,10H,2-5,9H2,1H3,(H,14,17)(H,15,16). The first kappa shape index (κ1) is 11.9. The normalized spacial score (nSPS) is 15.8. The Balaban J connectivity index is 1.93. The van der Waals surface area contributed by atoms with E-state index in [2.05, 4.69) is 15.6 Å². The molecule has 0 saturated heterocycles. The van der Waals surface area contributed by atoms with Crippen LogP contribution in [0.4, 0.5) is 5.69 Å². The molecule has 92 valence electrons. The Morgan fingerprint density at radius 2 is 2.24 bits per heavy atom. The lowest BCUT2D eigenvalue weighted by atomic mass is 10.1. The molecule has 1 saturated carbocycles. The molecule has 2 rings (SSSR count). The molecule has 4 heteroatoms. The Hall–Kier alpha value is -1.58. The zero-order valence-electron chi connectivity index (χ0n) is 10.2. The van der Waals surface area contributed by atoms with E-state index >= 15 is 0 Å². The number of carbonyl (C=O) groups is 1. The van der Waals surface area contributed by atoms with Gasteiger partial charge in [-0.15, -0.1) is 0 Å². The fourth-order valence-electron chi connectivity index (χ4n) is 2.27. The second-order valence-corrected chi connectivity index (χ2v) is 4.54. The molecule has 0 bridgehead atoms. The van der Waals surface area contributed by atoms with Gasteiger partial charge in [-0.3, -0.25) is 9.78 Å². The fraction of sp³-hybridized carbons (Fsp3) is 0.538. The van der Waals surface area contributed by atoms with Crippen LogP contribution in [0, 0.1) is 5.92 Å². The number of rotatable bonds is 4. The molecule has 1 aliphatic rings. The van der Waals surface area contributed by atoms with Gasteiger partial charge in [-0.2, -0.15) is 0 Å². The van der Waals surface area contributed by atoms with E-state index in [4.69, 9.17) is 0 Å². The molecule has 1 fully saturated rings. The molecule has 0 aromatic carbocycles. The van der Waals surface area contributed by atoms with Gasteiger partial charge >= 0.3 is 0 Å². The quantitative estimate of drug-likeness (QED) is 0.836. The van der Waals surface area contributed by atoms with Crippen LogP contribution in [0.2, 0.25) is 0 Å². The van der Waals surface area contributed by atoms with Gasteiger partial charge in [-0.25, -0.2) is 0 Å². The van der Waals surface area contributed by atoms with Crippen LogP contribution in [-0.4, -0.2) is 24.5 Å². The highest BCUT2D eigenvalue weighted by atomic mass is 16.1. The molecular weight excluding hydrogens is 214 g/mol. The number of hydrogen-bond donors (Lipinski definition) is 2. The predicted octanol–water partition coefficient (Wildman–Crippen LogP) is 2.04. The van der Waals surface area contributed by atoms with Crippen LogP contribution in [0.1, 0.15) is 36.2 Å². The van der Waals surface area contributed by atoms with Gasteiger partial charge in [-0.1, -0.05) is 12.8 Å². The van der Waals surface area contributed by atoms with Gasteiger partial charge in [0.1, 0.15) is 5.69 Å². The Morgan fingerprint density at radius 3 is 2.94 bits per heavy atom. The summed E-state index contributed by atoms with van der Waals surface area (Å²) < 4.78 is 0. The summed E-state index contributed by atoms with van der Waals surface area (Å²) in [6.45, 7) is 0.997. The summed E-state index contributed by atoms with van der Waals surface area (Å²) >= 11 is 0. The Morgan fingerprint density at radius 1 is 1.47 bits per heavy atom. The van der Waals surface area contributed by atoms with Gasteiger partial charge in [0.05, 0.1) is 0 Å². The van der Waals surface area contributed by atoms with Crippen LogP contribution < -0.4 is 10.6 Å². The van der Waals surface area contributed by atoms with E-state index in [-0.39, 0.29) is 5.91 Å². The maximum atomic E-state index is 11.4. The van der Waals surface area contributed by atoms with E-state index in [1.165, 1.54) is 25.7 Å². The highest BCUT2D eigenvalue weighted by Gasteiger charge is 2.14. The monoisotopic (exact) mass is 233 g/mol. The first-order valence-corrected chi connectivity index (χ1v) is 6.21. The van der Waals surface area contributed by atoms with Crippen molar-refractivity contribution < 1.29 is 4.79 Å². The van der Waals surface area contributed by atoms with Crippen molar-refractivity contribution in [3.05, 3.63) is 24.0 Å². The lowest BCUT2D eigenvalue weighted by Gasteiger charge is -2.12. The van der Waals surface area contributed by atoms with Crippen LogP contribution in [-0.2, 0) is 0 Å². The van der Waals surface area contributed by atoms with E-state index in [1.54, 1.807) is 19.3 Å². The van der Waals surface area contributed by atoms with Gasteiger partial charge < -0.3 is 10.6 Å². The zero-order chi connectivity index (χ0) is 12.1. The van der Waals surface area contributed by atoms with E-state index in [9.17, 15) is 4.79 Å². The third kappa shape index (κ3) is 3.19. The number of hydrogen-bond acceptors (Lipinski definition) is 3. The number of aromatic nitrogens is 1. The van der Waals surface area contributed by atoms with Crippen molar-refractivity contribution in [2.45, 2.75) is 25.7 Å². The second-order valence-electron chi connectivity index (χ2n) is 4.54. The third-order valence-corrected chi connectivity index (χ3v) is 3.29. The third-order valence-electron chi connectivity index (χ3n) is 3.29. The smallest absolute Gasteiger partial charge is 0.269 e. The minimum absolute atomic E-state index is 0.144. The minimum atomic E-state index is -0.144. The molecular formula is C13H19N3O. The van der Waals surface area contributed by atoms with Crippen molar-refractivity contribution in [2.24, 2.45) is 5.92 Å². The molecule has 4 nitrogen and oxygen atoms in total. The average molecular weight is 233 g/mol. The number of pyridine rings is 1. The summed E-state index contributed by atoms with van der Waals surface area (Å²) in [6, 6.07) is 3.70. The summed E-state index contributed by atoms with van der Waals surface area (Å²) in [5.74, 6) is 0.640. The van der Waals surface area contributed by atoms with Crippen LogP contribution in [0.15, 0.2) is 18.3 Å². The first-order chi connectivity index (χ1) is 8.29. The maximum Gasteiger partial charge on any atom is 0.269 e. The van der Waals surface area contributed by atoms with Gasteiger partial charge in [0.2, 0.25) is 0 Å². The average Bonchev–Trinajstić information content (AvgIpc) is 2.89. The first-order valence-electron chi connectivity index (χ1n) is 6.21. The molecule has 1 aliphatic carbocycles. The van der Waals surface area contributed by atoms with E-state index in [0.717, 1.165) is 18.2 Å². The summed E-state index contributed by atoms with van der Waals surface area (Å²) in [6.07, 6.45) is 7.01. The minimum Gasteiger partial charge on any atom is -0.385 e. The Labute approximate surface area is 102 Å². The van der Waals surface area contributed by atoms with Crippen molar-refractivity contribution in [1.29, 1.82) is 0 Å². The second kappa shape index (κ2) is 5.66. The molecule has 0 unspecified atom stereocenters.